The Labute approximate surface area is 124 Å². The Morgan fingerprint density at radius 1 is 1.50 bits per heavy atom. The molecule has 0 aliphatic heterocycles. The maximum atomic E-state index is 13.5. The Balaban J connectivity index is 3.10. The first-order valence-corrected chi connectivity index (χ1v) is 7.49. The van der Waals surface area contributed by atoms with E-state index >= 15 is 0 Å². The third-order valence-corrected chi connectivity index (χ3v) is 4.55. The molecule has 1 unspecified atom stereocenters. The van der Waals surface area contributed by atoms with Crippen LogP contribution in [0.25, 0.3) is 0 Å². The Hall–Kier alpha value is -0.980. The lowest BCUT2D eigenvalue weighted by atomic mass is 10.0. The summed E-state index contributed by atoms with van der Waals surface area (Å²) in [6, 6.07) is 3.32. The van der Waals surface area contributed by atoms with Gasteiger partial charge in [-0.15, -0.1) is 0 Å². The molecule has 0 aromatic heterocycles. The topological polar surface area (TPSA) is 66.4 Å². The van der Waals surface area contributed by atoms with Crippen molar-refractivity contribution in [2.75, 3.05) is 0 Å². The van der Waals surface area contributed by atoms with E-state index in [1.165, 1.54) is 18.2 Å². The highest BCUT2D eigenvalue weighted by molar-refractivity contribution is 7.84. The summed E-state index contributed by atoms with van der Waals surface area (Å²) in [6.07, 6.45) is -0.342. The number of hydrogen-bond donors (Lipinski definition) is 2. The van der Waals surface area contributed by atoms with Crippen molar-refractivity contribution in [1.29, 1.82) is 0 Å². The lowest BCUT2D eigenvalue weighted by Crippen LogP contribution is -2.36. The van der Waals surface area contributed by atoms with Crippen LogP contribution in [0.5, 0.6) is 0 Å². The van der Waals surface area contributed by atoms with Crippen molar-refractivity contribution in [2.45, 2.75) is 38.0 Å². The number of benzene rings is 1. The van der Waals surface area contributed by atoms with E-state index in [1.54, 1.807) is 20.8 Å². The first kappa shape index (κ1) is 17.1. The summed E-state index contributed by atoms with van der Waals surface area (Å²) < 4.78 is 27.7. The molecule has 0 aliphatic carbocycles. The number of hydrogen-bond acceptors (Lipinski definition) is 2. The summed E-state index contributed by atoms with van der Waals surface area (Å²) in [7, 11) is -1.49. The Bertz CT molecular complexity index is 531. The zero-order valence-corrected chi connectivity index (χ0v) is 13.0. The second-order valence-electron chi connectivity index (χ2n) is 5.29. The first-order valence-electron chi connectivity index (χ1n) is 5.96. The van der Waals surface area contributed by atoms with E-state index in [1.807, 2.05) is 0 Å². The third kappa shape index (κ3) is 4.54. The SMILES string of the molecule is CC(C)(C)S(=O)N[C@@H](CC(=O)O)c1cccc(F)c1Cl. The van der Waals surface area contributed by atoms with Crippen molar-refractivity contribution in [3.8, 4) is 0 Å². The van der Waals surface area contributed by atoms with Gasteiger partial charge in [0.1, 0.15) is 5.82 Å². The van der Waals surface area contributed by atoms with Crippen molar-refractivity contribution in [1.82, 2.24) is 4.72 Å². The van der Waals surface area contributed by atoms with Crippen LogP contribution in [-0.4, -0.2) is 20.0 Å². The van der Waals surface area contributed by atoms with Gasteiger partial charge in [-0.25, -0.2) is 13.3 Å². The average Bonchev–Trinajstić information content (AvgIpc) is 2.30. The molecule has 2 N–H and O–H groups in total. The lowest BCUT2D eigenvalue weighted by Gasteiger charge is -2.24. The highest BCUT2D eigenvalue weighted by Gasteiger charge is 2.26. The number of carbonyl (C=O) groups is 1. The molecule has 0 aliphatic rings. The number of rotatable bonds is 5. The molecule has 0 heterocycles. The third-order valence-electron chi connectivity index (χ3n) is 2.54. The van der Waals surface area contributed by atoms with E-state index in [9.17, 15) is 13.4 Å². The number of carboxylic acids is 1. The maximum absolute atomic E-state index is 13.5. The minimum absolute atomic E-state index is 0.155. The largest absolute Gasteiger partial charge is 0.481 e. The molecule has 4 nitrogen and oxygen atoms in total. The monoisotopic (exact) mass is 321 g/mol. The highest BCUT2D eigenvalue weighted by atomic mass is 35.5. The van der Waals surface area contributed by atoms with Gasteiger partial charge < -0.3 is 5.11 Å². The molecule has 0 amide bonds. The number of carboxylic acid groups (broad SMARTS) is 1. The molecule has 0 bridgehead atoms. The predicted octanol–water partition coefficient (Wildman–Crippen LogP) is 3.05. The lowest BCUT2D eigenvalue weighted by molar-refractivity contribution is -0.137. The fraction of sp³-hybridized carbons (Fsp3) is 0.462. The molecule has 0 radical (unpaired) electrons. The summed E-state index contributed by atoms with van der Waals surface area (Å²) >= 11 is 5.86. The number of nitrogens with one attached hydrogen (secondary N) is 1. The normalized spacial score (nSPS) is 14.8. The van der Waals surface area contributed by atoms with E-state index in [0.29, 0.717) is 0 Å². The van der Waals surface area contributed by atoms with Gasteiger partial charge in [0.2, 0.25) is 0 Å². The van der Waals surface area contributed by atoms with Crippen LogP contribution in [0, 0.1) is 5.82 Å². The van der Waals surface area contributed by atoms with E-state index < -0.39 is 33.6 Å². The van der Waals surface area contributed by atoms with Crippen molar-refractivity contribution in [3.63, 3.8) is 0 Å². The van der Waals surface area contributed by atoms with Crippen LogP contribution < -0.4 is 4.72 Å². The van der Waals surface area contributed by atoms with Gasteiger partial charge >= 0.3 is 5.97 Å². The van der Waals surface area contributed by atoms with Crippen LogP contribution in [0.15, 0.2) is 18.2 Å². The van der Waals surface area contributed by atoms with Gasteiger partial charge in [-0.1, -0.05) is 23.7 Å². The Kier molecular flexibility index (Phi) is 5.68. The van der Waals surface area contributed by atoms with Gasteiger partial charge in [0.25, 0.3) is 0 Å². The van der Waals surface area contributed by atoms with Gasteiger partial charge in [-0.3, -0.25) is 4.79 Å². The van der Waals surface area contributed by atoms with Crippen molar-refractivity contribution >= 4 is 28.6 Å². The Morgan fingerprint density at radius 3 is 2.60 bits per heavy atom. The molecular weight excluding hydrogens is 305 g/mol. The molecule has 20 heavy (non-hydrogen) atoms. The van der Waals surface area contributed by atoms with Gasteiger partial charge in [-0.2, -0.15) is 0 Å². The second kappa shape index (κ2) is 6.65. The predicted molar refractivity (Wildman–Crippen MR) is 77.4 cm³/mol. The van der Waals surface area contributed by atoms with Gasteiger partial charge in [0, 0.05) is 0 Å². The summed E-state index contributed by atoms with van der Waals surface area (Å²) in [4.78, 5) is 10.9. The van der Waals surface area contributed by atoms with Crippen LogP contribution in [0.3, 0.4) is 0 Å². The van der Waals surface area contributed by atoms with Crippen LogP contribution in [0.2, 0.25) is 5.02 Å². The highest BCUT2D eigenvalue weighted by Crippen LogP contribution is 2.28. The zero-order chi connectivity index (χ0) is 15.5. The van der Waals surface area contributed by atoms with Crippen molar-refractivity contribution in [3.05, 3.63) is 34.6 Å². The van der Waals surface area contributed by atoms with Crippen LogP contribution in [0.4, 0.5) is 4.39 Å². The fourth-order valence-electron chi connectivity index (χ4n) is 1.49. The molecule has 1 rings (SSSR count). The summed E-state index contributed by atoms with van der Waals surface area (Å²) in [6.45, 7) is 5.25. The fourth-order valence-corrected chi connectivity index (χ4v) is 2.57. The van der Waals surface area contributed by atoms with Crippen LogP contribution >= 0.6 is 11.6 Å². The molecule has 0 saturated heterocycles. The van der Waals surface area contributed by atoms with Gasteiger partial charge in [0.05, 0.1) is 33.2 Å². The van der Waals surface area contributed by atoms with Crippen LogP contribution in [0.1, 0.15) is 38.8 Å². The molecule has 1 aromatic carbocycles. The van der Waals surface area contributed by atoms with Crippen LogP contribution in [-0.2, 0) is 15.8 Å². The summed E-state index contributed by atoms with van der Waals surface area (Å²) in [5.74, 6) is -1.73. The molecule has 0 saturated carbocycles. The molecular formula is C13H17ClFNO3S. The van der Waals surface area contributed by atoms with E-state index in [0.717, 1.165) is 0 Å². The molecule has 112 valence electrons. The van der Waals surface area contributed by atoms with Gasteiger partial charge in [0.15, 0.2) is 0 Å². The molecule has 7 heteroatoms. The first-order chi connectivity index (χ1) is 9.12. The number of halogens is 2. The summed E-state index contributed by atoms with van der Waals surface area (Å²) in [5, 5.41) is 8.79. The minimum atomic E-state index is -1.49. The number of aliphatic carboxylic acids is 1. The van der Waals surface area contributed by atoms with E-state index in [-0.39, 0.29) is 17.0 Å². The molecule has 1 aromatic rings. The summed E-state index contributed by atoms with van der Waals surface area (Å²) in [5.41, 5.74) is 0.284. The zero-order valence-electron chi connectivity index (χ0n) is 11.4. The molecule has 2 atom stereocenters. The quantitative estimate of drug-likeness (QED) is 0.876. The average molecular weight is 322 g/mol. The molecule has 0 spiro atoms. The van der Waals surface area contributed by atoms with Crippen molar-refractivity contribution in [2.24, 2.45) is 0 Å². The second-order valence-corrected chi connectivity index (χ2v) is 7.67. The van der Waals surface area contributed by atoms with E-state index in [2.05, 4.69) is 4.72 Å². The standard InChI is InChI=1S/C13H17ClFNO3S/c1-13(2,3)20(19)16-10(7-11(17)18)8-5-4-6-9(15)12(8)14/h4-6,10,16H,7H2,1-3H3,(H,17,18)/t10-,20?/m0/s1. The molecule has 0 fully saturated rings. The smallest absolute Gasteiger partial charge is 0.305 e. The van der Waals surface area contributed by atoms with Crippen molar-refractivity contribution < 1.29 is 18.5 Å². The maximum Gasteiger partial charge on any atom is 0.305 e. The minimum Gasteiger partial charge on any atom is -0.481 e. The Morgan fingerprint density at radius 2 is 2.10 bits per heavy atom. The van der Waals surface area contributed by atoms with Gasteiger partial charge in [-0.05, 0) is 32.4 Å². The van der Waals surface area contributed by atoms with E-state index in [4.69, 9.17) is 16.7 Å².